The Hall–Kier alpha value is -2.67. The Morgan fingerprint density at radius 2 is 1.83 bits per heavy atom. The average molecular weight is 355 g/mol. The number of hydrogen-bond donors (Lipinski definition) is 2. The number of hydrogen-bond acceptors (Lipinski definition) is 4. The van der Waals surface area contributed by atoms with E-state index in [9.17, 15) is 18.4 Å². The summed E-state index contributed by atoms with van der Waals surface area (Å²) in [6.45, 7) is 1.26. The highest BCUT2D eigenvalue weighted by Crippen LogP contribution is 2.21. The van der Waals surface area contributed by atoms with Gasteiger partial charge in [0.05, 0.1) is 5.56 Å². The first-order chi connectivity index (χ1) is 11.3. The molecule has 0 unspecified atom stereocenters. The molecule has 1 atom stereocenters. The minimum atomic E-state index is -1.30. The van der Waals surface area contributed by atoms with E-state index in [0.29, 0.717) is 5.02 Å². The minimum absolute atomic E-state index is 0.0242. The fourth-order valence-electron chi connectivity index (χ4n) is 1.84. The Morgan fingerprint density at radius 1 is 1.21 bits per heavy atom. The summed E-state index contributed by atoms with van der Waals surface area (Å²) in [4.78, 5) is 24.0. The summed E-state index contributed by atoms with van der Waals surface area (Å²) >= 11 is 5.73. The highest BCUT2D eigenvalue weighted by atomic mass is 35.5. The topological polar surface area (TPSA) is 81.4 Å². The molecule has 0 aliphatic carbocycles. The third-order valence-electron chi connectivity index (χ3n) is 3.10. The van der Waals surface area contributed by atoms with E-state index in [0.717, 1.165) is 18.2 Å². The van der Waals surface area contributed by atoms with Crippen molar-refractivity contribution in [2.75, 3.05) is 11.1 Å². The number of carbonyl (C=O) groups excluding carboxylic acids is 2. The molecule has 2 rings (SSSR count). The lowest BCUT2D eigenvalue weighted by atomic mass is 10.2. The second-order valence-electron chi connectivity index (χ2n) is 4.87. The predicted octanol–water partition coefficient (Wildman–Crippen LogP) is 3.38. The van der Waals surface area contributed by atoms with E-state index < -0.39 is 35.3 Å². The molecule has 126 valence electrons. The van der Waals surface area contributed by atoms with Crippen LogP contribution in [-0.4, -0.2) is 18.0 Å². The number of benzene rings is 2. The van der Waals surface area contributed by atoms with E-state index >= 15 is 0 Å². The van der Waals surface area contributed by atoms with Gasteiger partial charge in [0.1, 0.15) is 17.3 Å². The van der Waals surface area contributed by atoms with Gasteiger partial charge in [-0.25, -0.2) is 13.6 Å². The first kappa shape index (κ1) is 17.7. The van der Waals surface area contributed by atoms with Crippen molar-refractivity contribution in [1.29, 1.82) is 0 Å². The quantitative estimate of drug-likeness (QED) is 0.651. The maximum absolute atomic E-state index is 13.5. The standard InChI is InChI=1S/C16H13ClF2N2O3/c1-8(15(22)21-14-11(18)3-2-4-12(14)19)24-16(23)10-6-5-9(17)7-13(10)20/h2-8H,20H2,1H3,(H,21,22)/t8-/m0/s1. The summed E-state index contributed by atoms with van der Waals surface area (Å²) in [5.74, 6) is -3.63. The number of anilines is 2. The van der Waals surface area contributed by atoms with Gasteiger partial charge in [0, 0.05) is 10.7 Å². The number of halogens is 3. The number of nitrogens with one attached hydrogen (secondary N) is 1. The molecule has 2 aromatic carbocycles. The van der Waals surface area contributed by atoms with Gasteiger partial charge < -0.3 is 15.8 Å². The fourth-order valence-corrected chi connectivity index (χ4v) is 2.02. The molecule has 0 radical (unpaired) electrons. The van der Waals surface area contributed by atoms with E-state index in [1.807, 2.05) is 5.32 Å². The molecule has 5 nitrogen and oxygen atoms in total. The van der Waals surface area contributed by atoms with Crippen LogP contribution in [0.2, 0.25) is 5.02 Å². The van der Waals surface area contributed by atoms with Gasteiger partial charge in [-0.1, -0.05) is 17.7 Å². The number of esters is 1. The zero-order valence-corrected chi connectivity index (χ0v) is 13.2. The number of nitrogens with two attached hydrogens (primary N) is 1. The van der Waals surface area contributed by atoms with Crippen molar-refractivity contribution in [3.05, 3.63) is 58.6 Å². The normalized spacial score (nSPS) is 11.7. The maximum Gasteiger partial charge on any atom is 0.341 e. The zero-order valence-electron chi connectivity index (χ0n) is 12.5. The van der Waals surface area contributed by atoms with Crippen LogP contribution >= 0.6 is 11.6 Å². The smallest absolute Gasteiger partial charge is 0.341 e. The minimum Gasteiger partial charge on any atom is -0.449 e. The van der Waals surface area contributed by atoms with Gasteiger partial charge in [0.25, 0.3) is 5.91 Å². The van der Waals surface area contributed by atoms with Crippen molar-refractivity contribution in [3.8, 4) is 0 Å². The summed E-state index contributed by atoms with van der Waals surface area (Å²) in [6, 6.07) is 7.29. The first-order valence-electron chi connectivity index (χ1n) is 6.80. The van der Waals surface area contributed by atoms with Crippen molar-refractivity contribution in [2.45, 2.75) is 13.0 Å². The number of rotatable bonds is 4. The summed E-state index contributed by atoms with van der Waals surface area (Å²) < 4.78 is 32.0. The first-order valence-corrected chi connectivity index (χ1v) is 7.18. The molecule has 0 spiro atoms. The molecule has 24 heavy (non-hydrogen) atoms. The Balaban J connectivity index is 2.07. The SMILES string of the molecule is C[C@H](OC(=O)c1ccc(Cl)cc1N)C(=O)Nc1c(F)cccc1F. The molecule has 0 aliphatic heterocycles. The number of ether oxygens (including phenoxy) is 1. The Bertz CT molecular complexity index is 779. The Labute approximate surface area is 141 Å². The number of carbonyl (C=O) groups is 2. The van der Waals surface area contributed by atoms with Gasteiger partial charge in [-0.05, 0) is 37.3 Å². The molecule has 0 heterocycles. The van der Waals surface area contributed by atoms with Gasteiger partial charge in [-0.2, -0.15) is 0 Å². The highest BCUT2D eigenvalue weighted by Gasteiger charge is 2.22. The number of nitrogen functional groups attached to an aromatic ring is 1. The third kappa shape index (κ3) is 3.99. The average Bonchev–Trinajstić information content (AvgIpc) is 2.50. The number of para-hydroxylation sites is 1. The van der Waals surface area contributed by atoms with Crippen LogP contribution in [-0.2, 0) is 9.53 Å². The van der Waals surface area contributed by atoms with Gasteiger partial charge >= 0.3 is 5.97 Å². The van der Waals surface area contributed by atoms with Crippen LogP contribution in [0.4, 0.5) is 20.2 Å². The molecule has 0 bridgehead atoms. The van der Waals surface area contributed by atoms with E-state index in [4.69, 9.17) is 22.1 Å². The van der Waals surface area contributed by atoms with E-state index in [-0.39, 0.29) is 11.3 Å². The molecule has 0 fully saturated rings. The highest BCUT2D eigenvalue weighted by molar-refractivity contribution is 6.31. The van der Waals surface area contributed by atoms with Crippen molar-refractivity contribution < 1.29 is 23.1 Å². The molecule has 2 aromatic rings. The molecule has 0 saturated heterocycles. The van der Waals surface area contributed by atoms with Gasteiger partial charge in [0.2, 0.25) is 0 Å². The third-order valence-corrected chi connectivity index (χ3v) is 3.33. The van der Waals surface area contributed by atoms with Gasteiger partial charge in [0.15, 0.2) is 6.10 Å². The van der Waals surface area contributed by atoms with Crippen LogP contribution < -0.4 is 11.1 Å². The lowest BCUT2D eigenvalue weighted by Gasteiger charge is -2.15. The Morgan fingerprint density at radius 3 is 2.42 bits per heavy atom. The van der Waals surface area contributed by atoms with Crippen molar-refractivity contribution in [2.24, 2.45) is 0 Å². The maximum atomic E-state index is 13.5. The van der Waals surface area contributed by atoms with Crippen LogP contribution in [0.1, 0.15) is 17.3 Å². The fraction of sp³-hybridized carbons (Fsp3) is 0.125. The summed E-state index contributed by atoms with van der Waals surface area (Å²) in [5, 5.41) is 2.38. The molecular formula is C16H13ClF2N2O3. The lowest BCUT2D eigenvalue weighted by molar-refractivity contribution is -0.123. The summed E-state index contributed by atoms with van der Waals surface area (Å²) in [5.41, 5.74) is 5.15. The van der Waals surface area contributed by atoms with E-state index in [1.165, 1.54) is 25.1 Å². The van der Waals surface area contributed by atoms with Crippen LogP contribution in [0.3, 0.4) is 0 Å². The predicted molar refractivity (Wildman–Crippen MR) is 85.7 cm³/mol. The lowest BCUT2D eigenvalue weighted by Crippen LogP contribution is -2.30. The number of amides is 1. The van der Waals surface area contributed by atoms with Crippen LogP contribution in [0, 0.1) is 11.6 Å². The molecule has 8 heteroatoms. The Kier molecular flexibility index (Phi) is 5.35. The van der Waals surface area contributed by atoms with Crippen LogP contribution in [0.15, 0.2) is 36.4 Å². The van der Waals surface area contributed by atoms with Crippen molar-refractivity contribution in [1.82, 2.24) is 0 Å². The second kappa shape index (κ2) is 7.27. The zero-order chi connectivity index (χ0) is 17.9. The van der Waals surface area contributed by atoms with E-state index in [1.54, 1.807) is 0 Å². The van der Waals surface area contributed by atoms with Crippen molar-refractivity contribution in [3.63, 3.8) is 0 Å². The largest absolute Gasteiger partial charge is 0.449 e. The van der Waals surface area contributed by atoms with Gasteiger partial charge in [-0.3, -0.25) is 4.79 Å². The molecule has 0 aromatic heterocycles. The van der Waals surface area contributed by atoms with Crippen molar-refractivity contribution >= 4 is 34.9 Å². The summed E-state index contributed by atoms with van der Waals surface area (Å²) in [6.07, 6.45) is -1.30. The molecule has 3 N–H and O–H groups in total. The van der Waals surface area contributed by atoms with Gasteiger partial charge in [-0.15, -0.1) is 0 Å². The second-order valence-corrected chi connectivity index (χ2v) is 5.30. The van der Waals surface area contributed by atoms with E-state index in [2.05, 4.69) is 0 Å². The van der Waals surface area contributed by atoms with Crippen LogP contribution in [0.25, 0.3) is 0 Å². The molecular weight excluding hydrogens is 342 g/mol. The van der Waals surface area contributed by atoms with Crippen LogP contribution in [0.5, 0.6) is 0 Å². The molecule has 1 amide bonds. The summed E-state index contributed by atoms with van der Waals surface area (Å²) in [7, 11) is 0. The molecule has 0 saturated carbocycles. The monoisotopic (exact) mass is 354 g/mol. The molecule has 0 aliphatic rings.